The number of rotatable bonds is 9. The summed E-state index contributed by atoms with van der Waals surface area (Å²) in [6, 6.07) is 18.9. The number of hydrogen-bond donors (Lipinski definition) is 0. The van der Waals surface area contributed by atoms with Crippen molar-refractivity contribution >= 4 is 5.91 Å². The molecule has 2 heterocycles. The van der Waals surface area contributed by atoms with Gasteiger partial charge in [-0.1, -0.05) is 55.3 Å². The Balaban J connectivity index is 1.11. The van der Waals surface area contributed by atoms with Crippen molar-refractivity contribution in [1.82, 2.24) is 19.6 Å². The zero-order chi connectivity index (χ0) is 25.6. The Morgan fingerprint density at radius 3 is 2.30 bits per heavy atom. The van der Waals surface area contributed by atoms with Crippen LogP contribution in [0.1, 0.15) is 61.1 Å². The van der Waals surface area contributed by atoms with Crippen LogP contribution in [0.4, 0.5) is 0 Å². The largest absolute Gasteiger partial charge is 0.490 e. The van der Waals surface area contributed by atoms with E-state index >= 15 is 0 Å². The van der Waals surface area contributed by atoms with Gasteiger partial charge in [-0.25, -0.2) is 0 Å². The van der Waals surface area contributed by atoms with E-state index in [1.807, 2.05) is 24.0 Å². The number of carbonyl (C=O) groups is 1. The molecule has 0 unspecified atom stereocenters. The Labute approximate surface area is 221 Å². The third-order valence-electron chi connectivity index (χ3n) is 7.94. The first-order valence-corrected chi connectivity index (χ1v) is 13.8. The van der Waals surface area contributed by atoms with Gasteiger partial charge in [0.15, 0.2) is 0 Å². The molecule has 2 aromatic carbocycles. The second-order valence-corrected chi connectivity index (χ2v) is 10.9. The molecule has 37 heavy (non-hydrogen) atoms. The molecule has 1 aromatic heterocycles. The summed E-state index contributed by atoms with van der Waals surface area (Å²) in [5, 5.41) is 4.25. The van der Waals surface area contributed by atoms with Gasteiger partial charge in [-0.3, -0.25) is 14.4 Å². The fraction of sp³-hybridized carbons (Fsp3) is 0.484. The predicted molar refractivity (Wildman–Crippen MR) is 146 cm³/mol. The maximum atomic E-state index is 13.7. The Hall–Kier alpha value is -3.12. The summed E-state index contributed by atoms with van der Waals surface area (Å²) >= 11 is 0. The molecule has 6 heteroatoms. The molecule has 1 saturated heterocycles. The zero-order valence-corrected chi connectivity index (χ0v) is 22.3. The van der Waals surface area contributed by atoms with Gasteiger partial charge in [0.05, 0.1) is 12.1 Å². The molecule has 196 valence electrons. The topological polar surface area (TPSA) is 50.6 Å². The maximum Gasteiger partial charge on any atom is 0.230 e. The molecule has 1 amide bonds. The molecule has 1 aliphatic heterocycles. The molecule has 0 N–H and O–H groups in total. The van der Waals surface area contributed by atoms with Gasteiger partial charge in [-0.05, 0) is 49.1 Å². The molecule has 1 saturated carbocycles. The summed E-state index contributed by atoms with van der Waals surface area (Å²) in [6.45, 7) is 3.29. The first kappa shape index (κ1) is 25.5. The van der Waals surface area contributed by atoms with E-state index in [0.717, 1.165) is 44.8 Å². The standard InChI is InChI=1S/C31H40N4O2/c1-33(22-25-20-32-34(2)23-25)21-24-12-14-28(15-13-24)37-29-16-18-35(19-17-29)31(36)30(27-10-6-7-11-27)26-8-4-3-5-9-26/h3-5,8-9,12-15,20,23,27,29-30H,6-7,10-11,16-19,21-22H2,1-2H3/t30-/m1/s1. The molecule has 3 aromatic rings. The second kappa shape index (κ2) is 12.0. The minimum Gasteiger partial charge on any atom is -0.490 e. The smallest absolute Gasteiger partial charge is 0.230 e. The lowest BCUT2D eigenvalue weighted by atomic mass is 9.83. The minimum absolute atomic E-state index is 0.00463. The van der Waals surface area contributed by atoms with Crippen LogP contribution in [0.5, 0.6) is 5.75 Å². The summed E-state index contributed by atoms with van der Waals surface area (Å²) in [5.41, 5.74) is 3.66. The Kier molecular flexibility index (Phi) is 8.24. The van der Waals surface area contributed by atoms with E-state index in [0.29, 0.717) is 11.8 Å². The molecule has 0 radical (unpaired) electrons. The minimum atomic E-state index is 0.00463. The third kappa shape index (κ3) is 6.61. The molecule has 6 nitrogen and oxygen atoms in total. The number of piperidine rings is 1. The summed E-state index contributed by atoms with van der Waals surface area (Å²) in [5.74, 6) is 1.71. The number of carbonyl (C=O) groups excluding carboxylic acids is 1. The maximum absolute atomic E-state index is 13.7. The highest BCUT2D eigenvalue weighted by atomic mass is 16.5. The molecule has 1 aliphatic carbocycles. The zero-order valence-electron chi connectivity index (χ0n) is 22.3. The van der Waals surface area contributed by atoms with Crippen molar-refractivity contribution < 1.29 is 9.53 Å². The van der Waals surface area contributed by atoms with Crippen molar-refractivity contribution in [2.24, 2.45) is 13.0 Å². The molecule has 0 spiro atoms. The van der Waals surface area contributed by atoms with E-state index in [1.165, 1.54) is 42.4 Å². The van der Waals surface area contributed by atoms with Gasteiger partial charge >= 0.3 is 0 Å². The summed E-state index contributed by atoms with van der Waals surface area (Å²) in [6.07, 6.45) is 10.7. The van der Waals surface area contributed by atoms with E-state index in [1.54, 1.807) is 0 Å². The number of ether oxygens (including phenoxy) is 1. The van der Waals surface area contributed by atoms with Gasteiger partial charge in [0.1, 0.15) is 11.9 Å². The monoisotopic (exact) mass is 500 g/mol. The molecule has 1 atom stereocenters. The van der Waals surface area contributed by atoms with E-state index < -0.39 is 0 Å². The first-order chi connectivity index (χ1) is 18.0. The highest BCUT2D eigenvalue weighted by Crippen LogP contribution is 2.39. The van der Waals surface area contributed by atoms with Crippen LogP contribution in [-0.4, -0.2) is 51.7 Å². The van der Waals surface area contributed by atoms with E-state index in [9.17, 15) is 4.79 Å². The second-order valence-electron chi connectivity index (χ2n) is 10.9. The average Bonchev–Trinajstić information content (AvgIpc) is 3.58. The lowest BCUT2D eigenvalue weighted by Gasteiger charge is -2.36. The fourth-order valence-electron chi connectivity index (χ4n) is 6.06. The highest BCUT2D eigenvalue weighted by Gasteiger charge is 2.36. The average molecular weight is 501 g/mol. The quantitative estimate of drug-likeness (QED) is 0.395. The highest BCUT2D eigenvalue weighted by molar-refractivity contribution is 5.84. The van der Waals surface area contributed by atoms with Crippen LogP contribution < -0.4 is 4.74 Å². The van der Waals surface area contributed by atoms with Gasteiger partial charge < -0.3 is 9.64 Å². The number of aryl methyl sites for hydroxylation is 1. The fourth-order valence-corrected chi connectivity index (χ4v) is 6.06. The number of benzene rings is 2. The van der Waals surface area contributed by atoms with Gasteiger partial charge in [-0.15, -0.1) is 0 Å². The Morgan fingerprint density at radius 2 is 1.65 bits per heavy atom. The molecular weight excluding hydrogens is 460 g/mol. The first-order valence-electron chi connectivity index (χ1n) is 13.8. The molecular formula is C31H40N4O2. The van der Waals surface area contributed by atoms with Crippen LogP contribution in [0.2, 0.25) is 0 Å². The lowest BCUT2D eigenvalue weighted by Crippen LogP contribution is -2.44. The van der Waals surface area contributed by atoms with Crippen molar-refractivity contribution in [2.75, 3.05) is 20.1 Å². The van der Waals surface area contributed by atoms with Crippen LogP contribution in [0, 0.1) is 5.92 Å². The summed E-state index contributed by atoms with van der Waals surface area (Å²) in [7, 11) is 4.07. The molecule has 2 aliphatic rings. The third-order valence-corrected chi connectivity index (χ3v) is 7.94. The number of aromatic nitrogens is 2. The van der Waals surface area contributed by atoms with Crippen molar-refractivity contribution in [1.29, 1.82) is 0 Å². The summed E-state index contributed by atoms with van der Waals surface area (Å²) in [4.78, 5) is 18.0. The summed E-state index contributed by atoms with van der Waals surface area (Å²) < 4.78 is 8.16. The van der Waals surface area contributed by atoms with Crippen molar-refractivity contribution in [3.63, 3.8) is 0 Å². The van der Waals surface area contributed by atoms with Crippen molar-refractivity contribution in [2.45, 2.75) is 63.6 Å². The molecule has 2 fully saturated rings. The number of hydrogen-bond acceptors (Lipinski definition) is 4. The Bertz CT molecular complexity index is 1130. The molecule has 5 rings (SSSR count). The van der Waals surface area contributed by atoms with Gasteiger partial charge in [0.2, 0.25) is 5.91 Å². The number of likely N-dealkylation sites (tertiary alicyclic amines) is 1. The molecule has 0 bridgehead atoms. The van der Waals surface area contributed by atoms with Crippen molar-refractivity contribution in [3.8, 4) is 5.75 Å². The predicted octanol–water partition coefficient (Wildman–Crippen LogP) is 5.40. The van der Waals surface area contributed by atoms with Gasteiger partial charge in [0, 0.05) is 57.8 Å². The number of nitrogens with zero attached hydrogens (tertiary/aromatic N) is 4. The van der Waals surface area contributed by atoms with Gasteiger partial charge in [0.25, 0.3) is 0 Å². The van der Waals surface area contributed by atoms with Crippen LogP contribution >= 0.6 is 0 Å². The van der Waals surface area contributed by atoms with E-state index in [4.69, 9.17) is 4.74 Å². The normalized spacial score (nSPS) is 17.9. The van der Waals surface area contributed by atoms with Gasteiger partial charge in [-0.2, -0.15) is 5.10 Å². The van der Waals surface area contributed by atoms with Crippen molar-refractivity contribution in [3.05, 3.63) is 83.7 Å². The van der Waals surface area contributed by atoms with E-state index in [-0.39, 0.29) is 12.0 Å². The van der Waals surface area contributed by atoms with Crippen LogP contribution in [-0.2, 0) is 24.9 Å². The van der Waals surface area contributed by atoms with E-state index in [2.05, 4.69) is 76.7 Å². The van der Waals surface area contributed by atoms with Crippen LogP contribution in [0.3, 0.4) is 0 Å². The number of amides is 1. The van der Waals surface area contributed by atoms with Crippen LogP contribution in [0.25, 0.3) is 0 Å². The SMILES string of the molecule is CN(Cc1ccc(OC2CCN(C(=O)[C@H](c3ccccc3)C3CCCC3)CC2)cc1)Cc1cnn(C)c1. The lowest BCUT2D eigenvalue weighted by molar-refractivity contribution is -0.136. The van der Waals surface area contributed by atoms with Crippen LogP contribution in [0.15, 0.2) is 67.0 Å². The Morgan fingerprint density at radius 1 is 0.973 bits per heavy atom.